The van der Waals surface area contributed by atoms with E-state index in [1.807, 2.05) is 0 Å². The molecule has 2 N–H and O–H groups in total. The summed E-state index contributed by atoms with van der Waals surface area (Å²) in [5, 5.41) is 0. The number of carbonyl (C=O) groups is 2. The SMILES string of the molecule is CCOC(=O)c1coc(N(CC(N)=O)C2CCCC2)n1. The Bertz CT molecular complexity index is 480. The van der Waals surface area contributed by atoms with Crippen molar-refractivity contribution in [2.45, 2.75) is 38.6 Å². The Morgan fingerprint density at radius 3 is 2.80 bits per heavy atom. The number of rotatable bonds is 6. The molecule has 1 aromatic heterocycles. The number of esters is 1. The molecule has 0 saturated heterocycles. The Morgan fingerprint density at radius 2 is 2.20 bits per heavy atom. The molecule has 0 aliphatic heterocycles. The van der Waals surface area contributed by atoms with Gasteiger partial charge in [0.25, 0.3) is 6.01 Å². The molecule has 0 aromatic carbocycles. The maximum atomic E-state index is 11.6. The first-order valence-corrected chi connectivity index (χ1v) is 6.79. The fourth-order valence-corrected chi connectivity index (χ4v) is 2.43. The third-order valence-corrected chi connectivity index (χ3v) is 3.31. The largest absolute Gasteiger partial charge is 0.461 e. The molecule has 1 amide bonds. The molecular formula is C13H19N3O4. The van der Waals surface area contributed by atoms with Crippen molar-refractivity contribution in [3.63, 3.8) is 0 Å². The van der Waals surface area contributed by atoms with Crippen LogP contribution in [0.15, 0.2) is 10.7 Å². The summed E-state index contributed by atoms with van der Waals surface area (Å²) in [4.78, 5) is 28.6. The monoisotopic (exact) mass is 281 g/mol. The minimum Gasteiger partial charge on any atom is -0.461 e. The smallest absolute Gasteiger partial charge is 0.360 e. The van der Waals surface area contributed by atoms with Crippen LogP contribution in [0.5, 0.6) is 0 Å². The molecule has 1 fully saturated rings. The van der Waals surface area contributed by atoms with Gasteiger partial charge >= 0.3 is 5.97 Å². The van der Waals surface area contributed by atoms with Crippen LogP contribution in [-0.2, 0) is 9.53 Å². The molecule has 2 rings (SSSR count). The van der Waals surface area contributed by atoms with E-state index in [4.69, 9.17) is 14.9 Å². The Morgan fingerprint density at radius 1 is 1.50 bits per heavy atom. The minimum absolute atomic E-state index is 0.0352. The highest BCUT2D eigenvalue weighted by Crippen LogP contribution is 2.27. The Hall–Kier alpha value is -2.05. The molecule has 7 heteroatoms. The standard InChI is InChI=1S/C13H19N3O4/c1-2-19-12(18)10-8-20-13(15-10)16(7-11(14)17)9-5-3-4-6-9/h8-9H,2-7H2,1H3,(H2,14,17). The molecule has 1 saturated carbocycles. The van der Waals surface area contributed by atoms with Gasteiger partial charge in [-0.05, 0) is 19.8 Å². The summed E-state index contributed by atoms with van der Waals surface area (Å²) in [6.07, 6.45) is 5.38. The van der Waals surface area contributed by atoms with Gasteiger partial charge in [-0.3, -0.25) is 4.79 Å². The van der Waals surface area contributed by atoms with Gasteiger partial charge in [-0.15, -0.1) is 0 Å². The molecule has 1 aliphatic rings. The molecule has 110 valence electrons. The zero-order valence-corrected chi connectivity index (χ0v) is 11.5. The first-order chi connectivity index (χ1) is 9.61. The van der Waals surface area contributed by atoms with Gasteiger partial charge in [0.15, 0.2) is 5.69 Å². The second-order valence-electron chi connectivity index (χ2n) is 4.77. The van der Waals surface area contributed by atoms with E-state index in [9.17, 15) is 9.59 Å². The molecule has 20 heavy (non-hydrogen) atoms. The van der Waals surface area contributed by atoms with Gasteiger partial charge in [0.2, 0.25) is 5.91 Å². The molecule has 0 unspecified atom stereocenters. The van der Waals surface area contributed by atoms with E-state index in [-0.39, 0.29) is 30.9 Å². The van der Waals surface area contributed by atoms with E-state index >= 15 is 0 Å². The highest BCUT2D eigenvalue weighted by atomic mass is 16.5. The lowest BCUT2D eigenvalue weighted by molar-refractivity contribution is -0.116. The normalized spacial score (nSPS) is 15.2. The zero-order valence-electron chi connectivity index (χ0n) is 11.5. The van der Waals surface area contributed by atoms with Gasteiger partial charge in [0, 0.05) is 6.04 Å². The lowest BCUT2D eigenvalue weighted by Gasteiger charge is -2.25. The Kier molecular flexibility index (Phi) is 4.60. The summed E-state index contributed by atoms with van der Waals surface area (Å²) in [6, 6.07) is 0.426. The topological polar surface area (TPSA) is 98.7 Å². The quantitative estimate of drug-likeness (QED) is 0.783. The molecule has 1 aliphatic carbocycles. The number of oxazole rings is 1. The van der Waals surface area contributed by atoms with Crippen molar-refractivity contribution >= 4 is 17.9 Å². The summed E-state index contributed by atoms with van der Waals surface area (Å²) >= 11 is 0. The van der Waals surface area contributed by atoms with Crippen molar-refractivity contribution in [1.82, 2.24) is 4.98 Å². The maximum absolute atomic E-state index is 11.6. The number of nitrogens with zero attached hydrogens (tertiary/aromatic N) is 2. The number of hydrogen-bond acceptors (Lipinski definition) is 6. The van der Waals surface area contributed by atoms with Gasteiger partial charge in [-0.25, -0.2) is 4.79 Å². The van der Waals surface area contributed by atoms with E-state index in [1.54, 1.807) is 11.8 Å². The second-order valence-corrected chi connectivity index (χ2v) is 4.77. The van der Waals surface area contributed by atoms with Crippen LogP contribution < -0.4 is 10.6 Å². The van der Waals surface area contributed by atoms with Crippen LogP contribution in [0.3, 0.4) is 0 Å². The van der Waals surface area contributed by atoms with Gasteiger partial charge in [-0.2, -0.15) is 4.98 Å². The van der Waals surface area contributed by atoms with E-state index in [1.165, 1.54) is 6.26 Å². The van der Waals surface area contributed by atoms with Crippen molar-refractivity contribution < 1.29 is 18.7 Å². The van der Waals surface area contributed by atoms with Crippen LogP contribution in [0.4, 0.5) is 6.01 Å². The summed E-state index contributed by atoms with van der Waals surface area (Å²) in [5.74, 6) is -0.985. The fourth-order valence-electron chi connectivity index (χ4n) is 2.43. The van der Waals surface area contributed by atoms with Gasteiger partial charge in [0.05, 0.1) is 6.61 Å². The highest BCUT2D eigenvalue weighted by Gasteiger charge is 2.28. The average molecular weight is 281 g/mol. The van der Waals surface area contributed by atoms with Crippen molar-refractivity contribution in [2.24, 2.45) is 5.73 Å². The van der Waals surface area contributed by atoms with E-state index in [0.717, 1.165) is 25.7 Å². The Labute approximate surface area is 117 Å². The van der Waals surface area contributed by atoms with E-state index in [2.05, 4.69) is 4.98 Å². The number of primary amides is 1. The van der Waals surface area contributed by atoms with Gasteiger partial charge in [0.1, 0.15) is 12.8 Å². The third-order valence-electron chi connectivity index (χ3n) is 3.31. The summed E-state index contributed by atoms with van der Waals surface area (Å²) in [5.41, 5.74) is 5.38. The van der Waals surface area contributed by atoms with Crippen molar-refractivity contribution in [1.29, 1.82) is 0 Å². The van der Waals surface area contributed by atoms with Crippen molar-refractivity contribution in [2.75, 3.05) is 18.1 Å². The first-order valence-electron chi connectivity index (χ1n) is 6.79. The first kappa shape index (κ1) is 14.4. The van der Waals surface area contributed by atoms with E-state index in [0.29, 0.717) is 0 Å². The number of amides is 1. The second kappa shape index (κ2) is 6.40. The number of aromatic nitrogens is 1. The fraction of sp³-hybridized carbons (Fsp3) is 0.615. The van der Waals surface area contributed by atoms with Crippen LogP contribution >= 0.6 is 0 Å². The summed E-state index contributed by atoms with van der Waals surface area (Å²) in [7, 11) is 0. The molecule has 0 spiro atoms. The van der Waals surface area contributed by atoms with Crippen LogP contribution in [-0.4, -0.2) is 36.1 Å². The van der Waals surface area contributed by atoms with Crippen molar-refractivity contribution in [3.8, 4) is 0 Å². The summed E-state index contributed by atoms with van der Waals surface area (Å²) < 4.78 is 10.2. The highest BCUT2D eigenvalue weighted by molar-refractivity contribution is 5.87. The number of ether oxygens (including phenoxy) is 1. The lowest BCUT2D eigenvalue weighted by Crippen LogP contribution is -2.40. The number of anilines is 1. The molecular weight excluding hydrogens is 262 g/mol. The van der Waals surface area contributed by atoms with Gasteiger partial charge < -0.3 is 19.8 Å². The predicted molar refractivity (Wildman–Crippen MR) is 71.3 cm³/mol. The minimum atomic E-state index is -0.534. The van der Waals surface area contributed by atoms with Gasteiger partial charge in [-0.1, -0.05) is 12.8 Å². The molecule has 1 aromatic rings. The van der Waals surface area contributed by atoms with Crippen LogP contribution in [0.25, 0.3) is 0 Å². The molecule has 0 bridgehead atoms. The zero-order chi connectivity index (χ0) is 14.5. The molecule has 0 atom stereocenters. The molecule has 7 nitrogen and oxygen atoms in total. The molecule has 0 radical (unpaired) electrons. The predicted octanol–water partition coefficient (Wildman–Crippen LogP) is 1.09. The number of nitrogens with two attached hydrogens (primary N) is 1. The van der Waals surface area contributed by atoms with Crippen molar-refractivity contribution in [3.05, 3.63) is 12.0 Å². The number of hydrogen-bond donors (Lipinski definition) is 1. The van der Waals surface area contributed by atoms with Crippen LogP contribution in [0, 0.1) is 0 Å². The van der Waals surface area contributed by atoms with Crippen LogP contribution in [0.1, 0.15) is 43.1 Å². The Balaban J connectivity index is 2.15. The lowest BCUT2D eigenvalue weighted by atomic mass is 10.2. The average Bonchev–Trinajstić information content (AvgIpc) is 3.08. The van der Waals surface area contributed by atoms with E-state index < -0.39 is 11.9 Å². The summed E-state index contributed by atoms with van der Waals surface area (Å²) in [6.45, 7) is 2.03. The molecule has 1 heterocycles. The third kappa shape index (κ3) is 3.28. The maximum Gasteiger partial charge on any atom is 0.360 e. The number of carbonyl (C=O) groups excluding carboxylic acids is 2. The van der Waals surface area contributed by atoms with Crippen LogP contribution in [0.2, 0.25) is 0 Å².